The third-order valence-corrected chi connectivity index (χ3v) is 5.22. The number of para-hydroxylation sites is 1. The van der Waals surface area contributed by atoms with Crippen LogP contribution in [0.1, 0.15) is 28.5 Å². The van der Waals surface area contributed by atoms with Crippen LogP contribution in [0, 0.1) is 13.8 Å². The third-order valence-electron chi connectivity index (χ3n) is 5.22. The molecule has 0 saturated carbocycles. The van der Waals surface area contributed by atoms with E-state index < -0.39 is 0 Å². The molecule has 0 aliphatic rings. The molecule has 0 radical (unpaired) electrons. The summed E-state index contributed by atoms with van der Waals surface area (Å²) in [6, 6.07) is 18.3. The molecule has 4 aromatic rings. The van der Waals surface area contributed by atoms with Crippen LogP contribution in [0.4, 0.5) is 0 Å². The molecule has 0 saturated heterocycles. The van der Waals surface area contributed by atoms with Crippen molar-refractivity contribution >= 4 is 40.9 Å². The maximum atomic E-state index is 6.03. The molecule has 31 heavy (non-hydrogen) atoms. The second-order valence-corrected chi connectivity index (χ2v) is 7.23. The average molecular weight is 530 g/mol. The molecule has 0 unspecified atom stereocenters. The number of hydrogen-bond donors (Lipinski definition) is 2. The Morgan fingerprint density at radius 3 is 2.39 bits per heavy atom. The first-order valence-electron chi connectivity index (χ1n) is 10.00. The van der Waals surface area contributed by atoms with Crippen LogP contribution in [-0.4, -0.2) is 20.7 Å². The molecule has 2 aromatic carbocycles. The maximum Gasteiger partial charge on any atom is 0.192 e. The standard InChI is InChI=1S/C23H26N6O.HI/c1-16-19-11-7-8-12-20(19)30-21(16)14-25-23(24-13-18-9-5-4-6-10-18)26-15-22-28-27-17(2)29(22)3;/h4-12H,13-15H2,1-3H3,(H2,24,25,26);1H. The molecule has 0 fully saturated rings. The number of aliphatic imine (C=N–C) groups is 1. The van der Waals surface area contributed by atoms with Gasteiger partial charge in [-0.15, -0.1) is 34.2 Å². The number of hydrogen-bond acceptors (Lipinski definition) is 4. The molecule has 8 heteroatoms. The van der Waals surface area contributed by atoms with E-state index in [2.05, 4.69) is 46.0 Å². The van der Waals surface area contributed by atoms with E-state index in [1.807, 2.05) is 54.9 Å². The normalized spacial score (nSPS) is 11.4. The Bertz CT molecular complexity index is 1170. The van der Waals surface area contributed by atoms with Gasteiger partial charge in [-0.25, -0.2) is 4.99 Å². The van der Waals surface area contributed by atoms with Gasteiger partial charge in [0.15, 0.2) is 11.8 Å². The minimum absolute atomic E-state index is 0. The van der Waals surface area contributed by atoms with Gasteiger partial charge in [-0.05, 0) is 25.5 Å². The van der Waals surface area contributed by atoms with Gasteiger partial charge in [0.25, 0.3) is 0 Å². The summed E-state index contributed by atoms with van der Waals surface area (Å²) >= 11 is 0. The molecule has 2 aromatic heterocycles. The first-order chi connectivity index (χ1) is 14.6. The van der Waals surface area contributed by atoms with Crippen molar-refractivity contribution in [1.82, 2.24) is 25.4 Å². The van der Waals surface area contributed by atoms with Crippen LogP contribution in [0.5, 0.6) is 0 Å². The van der Waals surface area contributed by atoms with Crippen molar-refractivity contribution in [2.75, 3.05) is 0 Å². The van der Waals surface area contributed by atoms with Crippen LogP contribution in [0.3, 0.4) is 0 Å². The Morgan fingerprint density at radius 2 is 1.68 bits per heavy atom. The molecule has 0 bridgehead atoms. The first kappa shape index (κ1) is 22.8. The Morgan fingerprint density at radius 1 is 0.968 bits per heavy atom. The number of aryl methyl sites for hydroxylation is 2. The van der Waals surface area contributed by atoms with Gasteiger partial charge in [-0.3, -0.25) is 0 Å². The summed E-state index contributed by atoms with van der Waals surface area (Å²) in [7, 11) is 1.96. The lowest BCUT2D eigenvalue weighted by Crippen LogP contribution is -2.37. The van der Waals surface area contributed by atoms with E-state index in [1.165, 1.54) is 0 Å². The largest absolute Gasteiger partial charge is 0.459 e. The zero-order valence-corrected chi connectivity index (χ0v) is 20.3. The summed E-state index contributed by atoms with van der Waals surface area (Å²) < 4.78 is 7.99. The average Bonchev–Trinajstić information content (AvgIpc) is 3.27. The Balaban J connectivity index is 0.00000272. The van der Waals surface area contributed by atoms with Gasteiger partial charge < -0.3 is 19.6 Å². The second-order valence-electron chi connectivity index (χ2n) is 7.23. The monoisotopic (exact) mass is 530 g/mol. The van der Waals surface area contributed by atoms with Crippen molar-refractivity contribution in [1.29, 1.82) is 0 Å². The van der Waals surface area contributed by atoms with E-state index in [4.69, 9.17) is 9.41 Å². The molecule has 2 heterocycles. The van der Waals surface area contributed by atoms with E-state index in [9.17, 15) is 0 Å². The number of benzene rings is 2. The molecular formula is C23H27IN6O. The number of nitrogens with zero attached hydrogens (tertiary/aromatic N) is 4. The minimum atomic E-state index is 0. The van der Waals surface area contributed by atoms with Gasteiger partial charge in [-0.2, -0.15) is 0 Å². The third kappa shape index (κ3) is 5.43. The minimum Gasteiger partial charge on any atom is -0.459 e. The predicted octanol–water partition coefficient (Wildman–Crippen LogP) is 4.23. The van der Waals surface area contributed by atoms with E-state index in [0.29, 0.717) is 25.6 Å². The zero-order valence-electron chi connectivity index (χ0n) is 17.9. The van der Waals surface area contributed by atoms with Crippen LogP contribution in [-0.2, 0) is 26.7 Å². The van der Waals surface area contributed by atoms with Crippen molar-refractivity contribution in [2.24, 2.45) is 12.0 Å². The van der Waals surface area contributed by atoms with Gasteiger partial charge in [0.1, 0.15) is 17.2 Å². The highest BCUT2D eigenvalue weighted by molar-refractivity contribution is 14.0. The molecule has 0 amide bonds. The SMILES string of the molecule is Cc1c(CNC(=NCc2ccccc2)NCc2nnc(C)n2C)oc2ccccc12.I. The zero-order chi connectivity index (χ0) is 20.9. The quantitative estimate of drug-likeness (QED) is 0.222. The van der Waals surface area contributed by atoms with Crippen molar-refractivity contribution in [2.45, 2.75) is 33.5 Å². The van der Waals surface area contributed by atoms with Gasteiger partial charge in [0.2, 0.25) is 0 Å². The molecule has 4 rings (SSSR count). The molecular weight excluding hydrogens is 503 g/mol. The van der Waals surface area contributed by atoms with Crippen molar-refractivity contribution in [3.63, 3.8) is 0 Å². The molecule has 162 valence electrons. The van der Waals surface area contributed by atoms with E-state index in [0.717, 1.165) is 39.5 Å². The fourth-order valence-corrected chi connectivity index (χ4v) is 3.25. The van der Waals surface area contributed by atoms with Crippen molar-refractivity contribution in [3.05, 3.63) is 83.1 Å². The number of rotatable bonds is 6. The summed E-state index contributed by atoms with van der Waals surface area (Å²) in [5.41, 5.74) is 3.19. The van der Waals surface area contributed by atoms with E-state index >= 15 is 0 Å². The lowest BCUT2D eigenvalue weighted by molar-refractivity contribution is 0.534. The fraction of sp³-hybridized carbons (Fsp3) is 0.261. The van der Waals surface area contributed by atoms with E-state index in [-0.39, 0.29) is 24.0 Å². The van der Waals surface area contributed by atoms with Crippen molar-refractivity contribution in [3.8, 4) is 0 Å². The summed E-state index contributed by atoms with van der Waals surface area (Å²) in [5, 5.41) is 16.2. The number of nitrogens with one attached hydrogen (secondary N) is 2. The fourth-order valence-electron chi connectivity index (χ4n) is 3.25. The number of furan rings is 1. The second kappa shape index (κ2) is 10.4. The smallest absolute Gasteiger partial charge is 0.192 e. The van der Waals surface area contributed by atoms with Crippen molar-refractivity contribution < 1.29 is 4.42 Å². The number of aromatic nitrogens is 3. The highest BCUT2D eigenvalue weighted by Crippen LogP contribution is 2.24. The lowest BCUT2D eigenvalue weighted by Gasteiger charge is -2.12. The number of guanidine groups is 1. The highest BCUT2D eigenvalue weighted by Gasteiger charge is 2.11. The topological polar surface area (TPSA) is 80.3 Å². The first-order valence-corrected chi connectivity index (χ1v) is 10.00. The van der Waals surface area contributed by atoms with Gasteiger partial charge in [0, 0.05) is 18.0 Å². The molecule has 7 nitrogen and oxygen atoms in total. The van der Waals surface area contributed by atoms with Crippen LogP contribution in [0.2, 0.25) is 0 Å². The molecule has 0 spiro atoms. The number of fused-ring (bicyclic) bond motifs is 1. The maximum absolute atomic E-state index is 6.03. The van der Waals surface area contributed by atoms with Crippen LogP contribution < -0.4 is 10.6 Å². The van der Waals surface area contributed by atoms with Gasteiger partial charge in [0.05, 0.1) is 19.6 Å². The Labute approximate surface area is 199 Å². The summed E-state index contributed by atoms with van der Waals surface area (Å²) in [6.45, 7) is 5.66. The number of halogens is 1. The van der Waals surface area contributed by atoms with Gasteiger partial charge in [-0.1, -0.05) is 48.5 Å². The molecule has 2 N–H and O–H groups in total. The lowest BCUT2D eigenvalue weighted by atomic mass is 10.1. The molecule has 0 aliphatic carbocycles. The molecule has 0 atom stereocenters. The Hall–Kier alpha value is -2.88. The van der Waals surface area contributed by atoms with Gasteiger partial charge >= 0.3 is 0 Å². The summed E-state index contributed by atoms with van der Waals surface area (Å²) in [4.78, 5) is 4.74. The highest BCUT2D eigenvalue weighted by atomic mass is 127. The van der Waals surface area contributed by atoms with Crippen LogP contribution >= 0.6 is 24.0 Å². The van der Waals surface area contributed by atoms with Crippen LogP contribution in [0.15, 0.2) is 64.0 Å². The molecule has 0 aliphatic heterocycles. The van der Waals surface area contributed by atoms with Crippen LogP contribution in [0.25, 0.3) is 11.0 Å². The summed E-state index contributed by atoms with van der Waals surface area (Å²) in [6.07, 6.45) is 0. The summed E-state index contributed by atoms with van der Waals surface area (Å²) in [5.74, 6) is 3.32. The Kier molecular flexibility index (Phi) is 7.67. The van der Waals surface area contributed by atoms with E-state index in [1.54, 1.807) is 0 Å². The predicted molar refractivity (Wildman–Crippen MR) is 133 cm³/mol.